The van der Waals surface area contributed by atoms with E-state index in [1.807, 2.05) is 43.3 Å². The summed E-state index contributed by atoms with van der Waals surface area (Å²) in [6, 6.07) is 11.2. The van der Waals surface area contributed by atoms with E-state index in [4.69, 9.17) is 0 Å². The van der Waals surface area contributed by atoms with Gasteiger partial charge in [-0.3, -0.25) is 19.5 Å². The lowest BCUT2D eigenvalue weighted by Gasteiger charge is -2.10. The third kappa shape index (κ3) is 5.83. The fourth-order valence-electron chi connectivity index (χ4n) is 2.85. The van der Waals surface area contributed by atoms with Crippen molar-refractivity contribution in [1.82, 2.24) is 20.2 Å². The number of nitrogens with zero attached hydrogens (tertiary/aromatic N) is 2. The van der Waals surface area contributed by atoms with E-state index in [0.29, 0.717) is 21.9 Å². The number of urea groups is 1. The minimum atomic E-state index is -0.517. The monoisotopic (exact) mass is 456 g/mol. The molecule has 2 heterocycles. The van der Waals surface area contributed by atoms with Gasteiger partial charge in [-0.2, -0.15) is 0 Å². The Morgan fingerprint density at radius 2 is 2.06 bits per heavy atom. The normalized spacial score (nSPS) is 10.7. The fourth-order valence-corrected chi connectivity index (χ4v) is 4.71. The summed E-state index contributed by atoms with van der Waals surface area (Å²) in [5, 5.41) is 5.34. The largest absolute Gasteiger partial charge is 0.338 e. The van der Waals surface area contributed by atoms with Gasteiger partial charge in [0.15, 0.2) is 5.16 Å². The molecule has 3 aromatic rings. The molecular weight excluding hydrogens is 432 g/mol. The van der Waals surface area contributed by atoms with Gasteiger partial charge in [0.05, 0.1) is 11.3 Å². The number of hydrogen-bond acceptors (Lipinski definition) is 6. The van der Waals surface area contributed by atoms with Crippen molar-refractivity contribution in [2.75, 3.05) is 12.3 Å². The second-order valence-electron chi connectivity index (χ2n) is 6.74. The standard InChI is InChI=1S/C22H24N4O3S2/c1-3-5-11-23-21(29)25-18(27)14-30-22-24-16-13-17(15-9-7-6-8-10-15)31-19(16)20(28)26(22)12-4-2/h4,6-10,13H,2-3,5,11-12,14H2,1H3,(H2,23,25,27,29). The summed E-state index contributed by atoms with van der Waals surface area (Å²) in [5.41, 5.74) is 1.44. The van der Waals surface area contributed by atoms with Gasteiger partial charge in [-0.25, -0.2) is 9.78 Å². The Kier molecular flexibility index (Phi) is 8.02. The minimum Gasteiger partial charge on any atom is -0.338 e. The predicted octanol–water partition coefficient (Wildman–Crippen LogP) is 4.03. The van der Waals surface area contributed by atoms with Crippen LogP contribution in [0, 0.1) is 0 Å². The lowest BCUT2D eigenvalue weighted by Crippen LogP contribution is -2.40. The van der Waals surface area contributed by atoms with E-state index in [1.54, 1.807) is 6.08 Å². The number of fused-ring (bicyclic) bond motifs is 1. The van der Waals surface area contributed by atoms with Crippen LogP contribution in [0.15, 0.2) is 59.0 Å². The molecule has 31 heavy (non-hydrogen) atoms. The molecule has 162 valence electrons. The van der Waals surface area contributed by atoms with Crippen LogP contribution in [0.1, 0.15) is 19.8 Å². The Labute approximate surface area is 188 Å². The number of carbonyl (C=O) groups excluding carboxylic acids is 2. The number of hydrogen-bond donors (Lipinski definition) is 2. The molecule has 7 nitrogen and oxygen atoms in total. The lowest BCUT2D eigenvalue weighted by atomic mass is 10.2. The molecule has 0 aliphatic rings. The average molecular weight is 457 g/mol. The van der Waals surface area contributed by atoms with Gasteiger partial charge >= 0.3 is 6.03 Å². The molecule has 0 spiro atoms. The first-order valence-corrected chi connectivity index (χ1v) is 11.7. The summed E-state index contributed by atoms with van der Waals surface area (Å²) in [4.78, 5) is 42.5. The summed E-state index contributed by atoms with van der Waals surface area (Å²) in [5.74, 6) is -0.486. The van der Waals surface area contributed by atoms with Gasteiger partial charge in [-0.15, -0.1) is 17.9 Å². The van der Waals surface area contributed by atoms with E-state index in [2.05, 4.69) is 22.2 Å². The second kappa shape index (κ2) is 10.9. The van der Waals surface area contributed by atoms with Crippen molar-refractivity contribution in [2.45, 2.75) is 31.5 Å². The van der Waals surface area contributed by atoms with Crippen molar-refractivity contribution in [1.29, 1.82) is 0 Å². The Bertz CT molecular complexity index is 1140. The average Bonchev–Trinajstić information content (AvgIpc) is 3.20. The lowest BCUT2D eigenvalue weighted by molar-refractivity contribution is -0.117. The van der Waals surface area contributed by atoms with Gasteiger partial charge in [-0.05, 0) is 18.1 Å². The van der Waals surface area contributed by atoms with Gasteiger partial charge in [0.25, 0.3) is 5.56 Å². The number of thiophene rings is 1. The van der Waals surface area contributed by atoms with Gasteiger partial charge in [-0.1, -0.05) is 61.5 Å². The first kappa shape index (κ1) is 22.8. The molecule has 0 radical (unpaired) electrons. The number of rotatable bonds is 9. The quantitative estimate of drug-likeness (QED) is 0.219. The molecule has 0 fully saturated rings. The van der Waals surface area contributed by atoms with Crippen LogP contribution in [0.4, 0.5) is 4.79 Å². The van der Waals surface area contributed by atoms with Crippen LogP contribution in [0.2, 0.25) is 0 Å². The summed E-state index contributed by atoms with van der Waals surface area (Å²) in [6.07, 6.45) is 3.42. The van der Waals surface area contributed by atoms with E-state index in [0.717, 1.165) is 35.0 Å². The van der Waals surface area contributed by atoms with Crippen molar-refractivity contribution in [2.24, 2.45) is 0 Å². The van der Waals surface area contributed by atoms with Crippen LogP contribution in [0.3, 0.4) is 0 Å². The van der Waals surface area contributed by atoms with Crippen LogP contribution in [0.25, 0.3) is 20.7 Å². The first-order chi connectivity index (χ1) is 15.0. The maximum Gasteiger partial charge on any atom is 0.321 e. The van der Waals surface area contributed by atoms with Crippen molar-refractivity contribution < 1.29 is 9.59 Å². The fraction of sp³-hybridized carbons (Fsp3) is 0.273. The molecule has 0 bridgehead atoms. The number of benzene rings is 1. The Morgan fingerprint density at radius 1 is 1.29 bits per heavy atom. The third-order valence-electron chi connectivity index (χ3n) is 4.37. The highest BCUT2D eigenvalue weighted by molar-refractivity contribution is 7.99. The minimum absolute atomic E-state index is 0.0357. The van der Waals surface area contributed by atoms with E-state index >= 15 is 0 Å². The third-order valence-corrected chi connectivity index (χ3v) is 6.51. The van der Waals surface area contributed by atoms with Crippen LogP contribution in [0.5, 0.6) is 0 Å². The number of allylic oxidation sites excluding steroid dienone is 1. The van der Waals surface area contributed by atoms with E-state index < -0.39 is 11.9 Å². The van der Waals surface area contributed by atoms with Crippen LogP contribution < -0.4 is 16.2 Å². The SMILES string of the molecule is C=CCn1c(SCC(=O)NC(=O)NCCCC)nc2cc(-c3ccccc3)sc2c1=O. The topological polar surface area (TPSA) is 93.1 Å². The van der Waals surface area contributed by atoms with E-state index in [9.17, 15) is 14.4 Å². The molecule has 2 aromatic heterocycles. The van der Waals surface area contributed by atoms with Gasteiger partial charge < -0.3 is 5.32 Å². The number of unbranched alkanes of at least 4 members (excludes halogenated alkanes) is 1. The highest BCUT2D eigenvalue weighted by atomic mass is 32.2. The highest BCUT2D eigenvalue weighted by Crippen LogP contribution is 2.31. The smallest absolute Gasteiger partial charge is 0.321 e. The molecule has 2 N–H and O–H groups in total. The van der Waals surface area contributed by atoms with Crippen molar-refractivity contribution in [3.05, 3.63) is 59.4 Å². The zero-order chi connectivity index (χ0) is 22.2. The van der Waals surface area contributed by atoms with Crippen LogP contribution >= 0.6 is 23.1 Å². The van der Waals surface area contributed by atoms with E-state index in [-0.39, 0.29) is 17.9 Å². The molecule has 3 amide bonds. The molecule has 0 unspecified atom stereocenters. The zero-order valence-corrected chi connectivity index (χ0v) is 18.9. The number of imide groups is 1. The summed E-state index contributed by atoms with van der Waals surface area (Å²) in [7, 11) is 0. The second-order valence-corrected chi connectivity index (χ2v) is 8.73. The highest BCUT2D eigenvalue weighted by Gasteiger charge is 2.16. The number of aromatic nitrogens is 2. The van der Waals surface area contributed by atoms with Gasteiger partial charge in [0, 0.05) is 18.0 Å². The van der Waals surface area contributed by atoms with Crippen molar-refractivity contribution >= 4 is 45.3 Å². The van der Waals surface area contributed by atoms with Crippen LogP contribution in [-0.2, 0) is 11.3 Å². The van der Waals surface area contributed by atoms with Crippen molar-refractivity contribution in [3.8, 4) is 10.4 Å². The van der Waals surface area contributed by atoms with Crippen LogP contribution in [-0.4, -0.2) is 33.8 Å². The summed E-state index contributed by atoms with van der Waals surface area (Å²) < 4.78 is 2.06. The molecule has 1 aromatic carbocycles. The van der Waals surface area contributed by atoms with Crippen molar-refractivity contribution in [3.63, 3.8) is 0 Å². The molecule has 0 aliphatic heterocycles. The molecule has 0 saturated heterocycles. The molecule has 9 heteroatoms. The Balaban J connectivity index is 1.80. The maximum absolute atomic E-state index is 13.1. The molecular formula is C22H24N4O3S2. The van der Waals surface area contributed by atoms with Gasteiger partial charge in [0.2, 0.25) is 5.91 Å². The zero-order valence-electron chi connectivity index (χ0n) is 17.2. The Hall–Kier alpha value is -2.91. The predicted molar refractivity (Wildman–Crippen MR) is 127 cm³/mol. The molecule has 3 rings (SSSR count). The molecule has 0 atom stereocenters. The van der Waals surface area contributed by atoms with E-state index in [1.165, 1.54) is 15.9 Å². The van der Waals surface area contributed by atoms with Gasteiger partial charge in [0.1, 0.15) is 4.70 Å². The number of amides is 3. The number of carbonyl (C=O) groups is 2. The molecule has 0 aliphatic carbocycles. The summed E-state index contributed by atoms with van der Waals surface area (Å²) in [6.45, 7) is 6.53. The number of nitrogens with one attached hydrogen (secondary N) is 2. The maximum atomic E-state index is 13.1. The Morgan fingerprint density at radius 3 is 2.77 bits per heavy atom. The first-order valence-electron chi connectivity index (χ1n) is 9.94. The number of thioether (sulfide) groups is 1. The molecule has 0 saturated carbocycles. The summed E-state index contributed by atoms with van der Waals surface area (Å²) >= 11 is 2.51.